The molecule has 19 heavy (non-hydrogen) atoms. The third kappa shape index (κ3) is 5.20. The van der Waals surface area contributed by atoms with E-state index in [1.165, 1.54) is 24.0 Å². The number of nitrogens with one attached hydrogen (secondary N) is 1. The van der Waals surface area contributed by atoms with Crippen LogP contribution in [0.2, 0.25) is 0 Å². The number of benzene rings is 1. The first-order valence-corrected chi connectivity index (χ1v) is 7.53. The minimum atomic E-state index is 0.253. The highest BCUT2D eigenvalue weighted by molar-refractivity contribution is 5.28. The molecule has 1 aromatic rings. The van der Waals surface area contributed by atoms with Gasteiger partial charge >= 0.3 is 0 Å². The van der Waals surface area contributed by atoms with Crippen LogP contribution in [0.15, 0.2) is 36.4 Å². The van der Waals surface area contributed by atoms with Crippen LogP contribution in [-0.4, -0.2) is 12.6 Å². The van der Waals surface area contributed by atoms with Crippen molar-refractivity contribution in [3.8, 4) is 0 Å². The Bertz CT molecular complexity index is 404. The average molecular weight is 257 g/mol. The molecule has 1 nitrogen and oxygen atoms in total. The van der Waals surface area contributed by atoms with Gasteiger partial charge in [-0.1, -0.05) is 57.2 Å². The largest absolute Gasteiger partial charge is 0.314 e. The predicted molar refractivity (Wildman–Crippen MR) is 83.6 cm³/mol. The molecule has 2 rings (SSSR count). The van der Waals surface area contributed by atoms with Gasteiger partial charge in [-0.25, -0.2) is 0 Å². The normalized spacial score (nSPS) is 16.2. The first-order chi connectivity index (χ1) is 9.05. The molecule has 0 bridgehead atoms. The molecule has 0 heterocycles. The first-order valence-electron chi connectivity index (χ1n) is 7.53. The van der Waals surface area contributed by atoms with Crippen LogP contribution in [0.3, 0.4) is 0 Å². The topological polar surface area (TPSA) is 12.0 Å². The van der Waals surface area contributed by atoms with Gasteiger partial charge in [0, 0.05) is 6.04 Å². The van der Waals surface area contributed by atoms with Crippen molar-refractivity contribution in [3.63, 3.8) is 0 Å². The summed E-state index contributed by atoms with van der Waals surface area (Å²) < 4.78 is 0. The fourth-order valence-corrected chi connectivity index (χ4v) is 2.14. The Labute approximate surface area is 118 Å². The van der Waals surface area contributed by atoms with Gasteiger partial charge in [0.1, 0.15) is 0 Å². The van der Waals surface area contributed by atoms with Crippen molar-refractivity contribution in [2.24, 2.45) is 0 Å². The summed E-state index contributed by atoms with van der Waals surface area (Å²) in [5.74, 6) is 0. The van der Waals surface area contributed by atoms with E-state index in [0.717, 1.165) is 25.4 Å². The van der Waals surface area contributed by atoms with E-state index >= 15 is 0 Å². The third-order valence-corrected chi connectivity index (χ3v) is 3.66. The second kappa shape index (κ2) is 6.38. The number of rotatable bonds is 6. The maximum absolute atomic E-state index is 3.53. The van der Waals surface area contributed by atoms with Crippen LogP contribution >= 0.6 is 0 Å². The van der Waals surface area contributed by atoms with Crippen molar-refractivity contribution in [1.82, 2.24) is 5.32 Å². The van der Waals surface area contributed by atoms with E-state index in [9.17, 15) is 0 Å². The zero-order valence-electron chi connectivity index (χ0n) is 12.6. The van der Waals surface area contributed by atoms with E-state index in [4.69, 9.17) is 0 Å². The van der Waals surface area contributed by atoms with Crippen molar-refractivity contribution < 1.29 is 0 Å². The fraction of sp³-hybridized carbons (Fsp3) is 0.556. The second-order valence-electron chi connectivity index (χ2n) is 6.64. The Morgan fingerprint density at radius 1 is 1.11 bits per heavy atom. The van der Waals surface area contributed by atoms with Gasteiger partial charge < -0.3 is 5.32 Å². The van der Waals surface area contributed by atoms with Gasteiger partial charge in [-0.15, -0.1) is 0 Å². The van der Waals surface area contributed by atoms with Crippen LogP contribution in [0.4, 0.5) is 0 Å². The van der Waals surface area contributed by atoms with Gasteiger partial charge in [-0.2, -0.15) is 0 Å². The Hall–Kier alpha value is -1.08. The quantitative estimate of drug-likeness (QED) is 0.594. The van der Waals surface area contributed by atoms with Gasteiger partial charge in [0.05, 0.1) is 0 Å². The van der Waals surface area contributed by atoms with Crippen LogP contribution < -0.4 is 5.32 Å². The van der Waals surface area contributed by atoms with Crippen LogP contribution in [-0.2, 0) is 11.8 Å². The third-order valence-electron chi connectivity index (χ3n) is 3.66. The molecule has 1 aromatic carbocycles. The fourth-order valence-electron chi connectivity index (χ4n) is 2.14. The van der Waals surface area contributed by atoms with Gasteiger partial charge in [-0.3, -0.25) is 0 Å². The van der Waals surface area contributed by atoms with E-state index in [-0.39, 0.29) is 5.41 Å². The number of hydrogen-bond donors (Lipinski definition) is 1. The number of allylic oxidation sites excluding steroid dienone is 1. The van der Waals surface area contributed by atoms with Crippen molar-refractivity contribution >= 4 is 0 Å². The van der Waals surface area contributed by atoms with E-state index in [2.05, 4.69) is 62.5 Å². The summed E-state index contributed by atoms with van der Waals surface area (Å²) in [4.78, 5) is 0. The standard InChI is InChI=1S/C18H27N/c1-18(2,3)16-10-8-15(9-11-16)7-5-4-6-14-19-17-12-13-17/h4-5,8-11,17,19H,6-7,12-14H2,1-3H3. The SMILES string of the molecule is CC(C)(C)c1ccc(CC=CCCNC2CC2)cc1. The highest BCUT2D eigenvalue weighted by Crippen LogP contribution is 2.22. The van der Waals surface area contributed by atoms with Gasteiger partial charge in [0.25, 0.3) is 0 Å². The minimum Gasteiger partial charge on any atom is -0.314 e. The van der Waals surface area contributed by atoms with Gasteiger partial charge in [0.2, 0.25) is 0 Å². The zero-order chi connectivity index (χ0) is 13.7. The highest BCUT2D eigenvalue weighted by Gasteiger charge is 2.19. The summed E-state index contributed by atoms with van der Waals surface area (Å²) in [5.41, 5.74) is 3.07. The molecule has 1 saturated carbocycles. The lowest BCUT2D eigenvalue weighted by Crippen LogP contribution is -2.16. The van der Waals surface area contributed by atoms with E-state index < -0.39 is 0 Å². The molecule has 1 aliphatic rings. The molecule has 1 N–H and O–H groups in total. The molecule has 1 fully saturated rings. The summed E-state index contributed by atoms with van der Waals surface area (Å²) >= 11 is 0. The molecule has 0 aromatic heterocycles. The molecule has 0 radical (unpaired) electrons. The molecule has 0 saturated heterocycles. The summed E-state index contributed by atoms with van der Waals surface area (Å²) in [6.07, 6.45) is 9.55. The van der Waals surface area contributed by atoms with E-state index in [0.29, 0.717) is 0 Å². The maximum atomic E-state index is 3.53. The van der Waals surface area contributed by atoms with Crippen LogP contribution in [0.25, 0.3) is 0 Å². The Morgan fingerprint density at radius 3 is 2.37 bits per heavy atom. The molecule has 1 aliphatic carbocycles. The second-order valence-corrected chi connectivity index (χ2v) is 6.64. The molecular weight excluding hydrogens is 230 g/mol. The van der Waals surface area contributed by atoms with Crippen molar-refractivity contribution in [2.75, 3.05) is 6.54 Å². The molecular formula is C18H27N. The lowest BCUT2D eigenvalue weighted by molar-refractivity contribution is 0.590. The smallest absolute Gasteiger partial charge is 0.00683 e. The lowest BCUT2D eigenvalue weighted by Gasteiger charge is -2.18. The zero-order valence-corrected chi connectivity index (χ0v) is 12.6. The Balaban J connectivity index is 1.71. The van der Waals surface area contributed by atoms with Crippen LogP contribution in [0, 0.1) is 0 Å². The first kappa shape index (κ1) is 14.3. The van der Waals surface area contributed by atoms with Crippen molar-refractivity contribution in [3.05, 3.63) is 47.5 Å². The Kier molecular flexibility index (Phi) is 4.81. The molecule has 0 atom stereocenters. The van der Waals surface area contributed by atoms with Gasteiger partial charge in [0.15, 0.2) is 0 Å². The summed E-state index contributed by atoms with van der Waals surface area (Å²) in [6.45, 7) is 7.91. The monoisotopic (exact) mass is 257 g/mol. The van der Waals surface area contributed by atoms with Crippen molar-refractivity contribution in [1.29, 1.82) is 0 Å². The van der Waals surface area contributed by atoms with Crippen LogP contribution in [0.5, 0.6) is 0 Å². The summed E-state index contributed by atoms with van der Waals surface area (Å²) in [6, 6.07) is 9.87. The van der Waals surface area contributed by atoms with Gasteiger partial charge in [-0.05, 0) is 48.8 Å². The molecule has 0 spiro atoms. The average Bonchev–Trinajstić information content (AvgIpc) is 3.17. The number of hydrogen-bond acceptors (Lipinski definition) is 1. The van der Waals surface area contributed by atoms with Crippen LogP contribution in [0.1, 0.15) is 51.2 Å². The predicted octanol–water partition coefficient (Wildman–Crippen LogP) is 4.22. The lowest BCUT2D eigenvalue weighted by atomic mass is 9.86. The summed E-state index contributed by atoms with van der Waals surface area (Å²) in [5, 5.41) is 3.53. The molecule has 104 valence electrons. The molecule has 0 amide bonds. The summed E-state index contributed by atoms with van der Waals surface area (Å²) in [7, 11) is 0. The minimum absolute atomic E-state index is 0.253. The van der Waals surface area contributed by atoms with E-state index in [1.807, 2.05) is 0 Å². The van der Waals surface area contributed by atoms with Crippen molar-refractivity contribution in [2.45, 2.75) is 57.9 Å². The maximum Gasteiger partial charge on any atom is 0.00683 e. The Morgan fingerprint density at radius 2 is 1.79 bits per heavy atom. The molecule has 1 heteroatoms. The highest BCUT2D eigenvalue weighted by atomic mass is 14.9. The molecule has 0 aliphatic heterocycles. The van der Waals surface area contributed by atoms with E-state index in [1.54, 1.807) is 0 Å². The molecule has 0 unspecified atom stereocenters.